The number of carbonyl (C=O) groups excluding carboxylic acids is 3. The van der Waals surface area contributed by atoms with E-state index in [0.717, 1.165) is 0 Å². The van der Waals surface area contributed by atoms with E-state index < -0.39 is 40.8 Å². The molecule has 0 saturated heterocycles. The van der Waals surface area contributed by atoms with Crippen LogP contribution in [-0.2, 0) is 29.0 Å². The van der Waals surface area contributed by atoms with Gasteiger partial charge in [0.1, 0.15) is 5.97 Å². The second-order valence-corrected chi connectivity index (χ2v) is 3.60. The second-order valence-electron chi connectivity index (χ2n) is 2.59. The SMILES string of the molecule is O=C[C@H](OS(=O)(=O)[O-])[C@@H](O)CC(=O)C(=O)[O-]. The maximum Gasteiger partial charge on any atom is 0.218 e. The molecule has 0 aliphatic heterocycles. The summed E-state index contributed by atoms with van der Waals surface area (Å²) in [7, 11) is -5.25. The van der Waals surface area contributed by atoms with E-state index in [2.05, 4.69) is 4.18 Å². The topological polar surface area (TPSA) is 161 Å². The van der Waals surface area contributed by atoms with Gasteiger partial charge >= 0.3 is 0 Å². The summed E-state index contributed by atoms with van der Waals surface area (Å²) in [6, 6.07) is 0. The van der Waals surface area contributed by atoms with Crippen molar-refractivity contribution >= 4 is 28.4 Å². The van der Waals surface area contributed by atoms with Crippen LogP contribution in [0.15, 0.2) is 0 Å². The molecule has 10 heteroatoms. The molecule has 0 heterocycles. The summed E-state index contributed by atoms with van der Waals surface area (Å²) in [5, 5.41) is 19.0. The number of aliphatic hydroxyl groups excluding tert-OH is 1. The fourth-order valence-corrected chi connectivity index (χ4v) is 1.15. The summed E-state index contributed by atoms with van der Waals surface area (Å²) in [5.41, 5.74) is 0. The standard InChI is InChI=1S/C6H8O9S/c7-2-5(15-16(12,13)14)3(8)1-4(9)6(10)11/h2-3,5,8H,1H2,(H,10,11)(H,12,13,14)/p-2/t3-,5-/m0/s1. The van der Waals surface area contributed by atoms with E-state index in [-0.39, 0.29) is 6.29 Å². The summed E-state index contributed by atoms with van der Waals surface area (Å²) in [6.07, 6.45) is -5.55. The van der Waals surface area contributed by atoms with Gasteiger partial charge in [0.2, 0.25) is 10.4 Å². The number of aldehydes is 1. The third kappa shape index (κ3) is 5.50. The Balaban J connectivity index is 4.55. The summed E-state index contributed by atoms with van der Waals surface area (Å²) in [5.74, 6) is -3.68. The molecule has 0 radical (unpaired) electrons. The highest BCUT2D eigenvalue weighted by Crippen LogP contribution is 2.05. The first-order valence-electron chi connectivity index (χ1n) is 3.69. The molecule has 9 nitrogen and oxygen atoms in total. The summed E-state index contributed by atoms with van der Waals surface area (Å²) < 4.78 is 33.8. The molecule has 92 valence electrons. The Kier molecular flexibility index (Phi) is 5.17. The van der Waals surface area contributed by atoms with Crippen LogP contribution < -0.4 is 5.11 Å². The number of carbonyl (C=O) groups is 3. The molecule has 2 atom stereocenters. The summed E-state index contributed by atoms with van der Waals surface area (Å²) in [6.45, 7) is 0. The molecule has 0 unspecified atom stereocenters. The average Bonchev–Trinajstić information content (AvgIpc) is 2.12. The first kappa shape index (κ1) is 14.6. The molecule has 0 rings (SSSR count). The Labute approximate surface area is 89.6 Å². The lowest BCUT2D eigenvalue weighted by atomic mass is 10.1. The summed E-state index contributed by atoms with van der Waals surface area (Å²) in [4.78, 5) is 30.7. The zero-order valence-corrected chi connectivity index (χ0v) is 8.38. The number of hydrogen-bond donors (Lipinski definition) is 1. The Hall–Kier alpha value is -1.36. The third-order valence-electron chi connectivity index (χ3n) is 1.36. The molecule has 0 bridgehead atoms. The largest absolute Gasteiger partial charge is 0.726 e. The van der Waals surface area contributed by atoms with Crippen molar-refractivity contribution in [3.05, 3.63) is 0 Å². The smallest absolute Gasteiger partial charge is 0.218 e. The number of hydrogen-bond acceptors (Lipinski definition) is 9. The lowest BCUT2D eigenvalue weighted by molar-refractivity contribution is -0.300. The highest BCUT2D eigenvalue weighted by Gasteiger charge is 2.24. The van der Waals surface area contributed by atoms with Crippen LogP contribution in [0.5, 0.6) is 0 Å². The summed E-state index contributed by atoms with van der Waals surface area (Å²) >= 11 is 0. The van der Waals surface area contributed by atoms with E-state index in [4.69, 9.17) is 5.11 Å². The molecular weight excluding hydrogens is 248 g/mol. The van der Waals surface area contributed by atoms with E-state index in [1.54, 1.807) is 0 Å². The first-order valence-corrected chi connectivity index (χ1v) is 5.02. The van der Waals surface area contributed by atoms with Gasteiger partial charge in [0.25, 0.3) is 0 Å². The zero-order valence-electron chi connectivity index (χ0n) is 7.56. The number of Topliss-reactive ketones (excluding diaryl/α,β-unsaturated/α-hetero) is 1. The Morgan fingerprint density at radius 1 is 1.44 bits per heavy atom. The molecule has 0 saturated carbocycles. The Bertz CT molecular complexity index is 383. The van der Waals surface area contributed by atoms with Crippen molar-refractivity contribution in [1.29, 1.82) is 0 Å². The van der Waals surface area contributed by atoms with Crippen LogP contribution in [0.25, 0.3) is 0 Å². The van der Waals surface area contributed by atoms with E-state index >= 15 is 0 Å². The van der Waals surface area contributed by atoms with Crippen molar-refractivity contribution in [3.8, 4) is 0 Å². The predicted octanol–water partition coefficient (Wildman–Crippen LogP) is -3.90. The van der Waals surface area contributed by atoms with Crippen LogP contribution in [0, 0.1) is 0 Å². The number of rotatable bonds is 7. The molecule has 0 aromatic carbocycles. The minimum absolute atomic E-state index is 0.247. The fraction of sp³-hybridized carbons (Fsp3) is 0.500. The van der Waals surface area contributed by atoms with Gasteiger partial charge in [0.15, 0.2) is 18.2 Å². The zero-order chi connectivity index (χ0) is 12.9. The van der Waals surface area contributed by atoms with Crippen LogP contribution in [0.2, 0.25) is 0 Å². The number of carboxylic acid groups (broad SMARTS) is 1. The number of aliphatic carboxylic acids is 1. The van der Waals surface area contributed by atoms with Gasteiger partial charge in [0, 0.05) is 6.42 Å². The Morgan fingerprint density at radius 2 is 1.94 bits per heavy atom. The first-order chi connectivity index (χ1) is 7.17. The monoisotopic (exact) mass is 254 g/mol. The molecule has 1 N–H and O–H groups in total. The number of carboxylic acids is 1. The van der Waals surface area contributed by atoms with E-state index in [1.165, 1.54) is 0 Å². The molecular formula is C6H6O9S-2. The van der Waals surface area contributed by atoms with Crippen LogP contribution in [0.3, 0.4) is 0 Å². The van der Waals surface area contributed by atoms with Crippen LogP contribution in [0.4, 0.5) is 0 Å². The van der Waals surface area contributed by atoms with E-state index in [1.807, 2.05) is 0 Å². The molecule has 0 fully saturated rings. The molecule has 0 aliphatic carbocycles. The van der Waals surface area contributed by atoms with Gasteiger partial charge in [-0.15, -0.1) is 0 Å². The molecule has 0 aromatic rings. The lowest BCUT2D eigenvalue weighted by Gasteiger charge is -2.18. The minimum atomic E-state index is -5.25. The highest BCUT2D eigenvalue weighted by atomic mass is 32.3. The van der Waals surface area contributed by atoms with Crippen molar-refractivity contribution in [3.63, 3.8) is 0 Å². The van der Waals surface area contributed by atoms with Crippen LogP contribution in [-0.4, -0.2) is 48.3 Å². The van der Waals surface area contributed by atoms with Gasteiger partial charge in [-0.05, 0) is 0 Å². The van der Waals surface area contributed by atoms with Crippen LogP contribution >= 0.6 is 0 Å². The van der Waals surface area contributed by atoms with Gasteiger partial charge in [0.05, 0.1) is 6.10 Å². The second kappa shape index (κ2) is 5.65. The predicted molar refractivity (Wildman–Crippen MR) is 41.3 cm³/mol. The van der Waals surface area contributed by atoms with Crippen molar-refractivity contribution in [2.75, 3.05) is 0 Å². The van der Waals surface area contributed by atoms with Crippen LogP contribution in [0.1, 0.15) is 6.42 Å². The van der Waals surface area contributed by atoms with E-state index in [0.29, 0.717) is 0 Å². The fourth-order valence-electron chi connectivity index (χ4n) is 0.703. The normalized spacial score (nSPS) is 15.1. The molecule has 16 heavy (non-hydrogen) atoms. The molecule has 0 aromatic heterocycles. The molecule has 0 spiro atoms. The van der Waals surface area contributed by atoms with Crippen molar-refractivity contribution in [2.24, 2.45) is 0 Å². The Morgan fingerprint density at radius 3 is 2.25 bits per heavy atom. The van der Waals surface area contributed by atoms with Crippen molar-refractivity contribution < 1.29 is 41.8 Å². The van der Waals surface area contributed by atoms with Gasteiger partial charge in [-0.1, -0.05) is 0 Å². The van der Waals surface area contributed by atoms with Gasteiger partial charge in [-0.25, -0.2) is 8.42 Å². The molecule has 0 aliphatic rings. The number of ketones is 1. The van der Waals surface area contributed by atoms with Crippen molar-refractivity contribution in [2.45, 2.75) is 18.6 Å². The van der Waals surface area contributed by atoms with Crippen molar-refractivity contribution in [1.82, 2.24) is 0 Å². The number of aliphatic hydroxyl groups is 1. The quantitative estimate of drug-likeness (QED) is 0.207. The lowest BCUT2D eigenvalue weighted by Crippen LogP contribution is -2.39. The third-order valence-corrected chi connectivity index (χ3v) is 1.82. The van der Waals surface area contributed by atoms with Gasteiger partial charge in [-0.3, -0.25) is 8.98 Å². The highest BCUT2D eigenvalue weighted by molar-refractivity contribution is 7.80. The maximum absolute atomic E-state index is 10.5. The average molecular weight is 254 g/mol. The maximum atomic E-state index is 10.5. The van der Waals surface area contributed by atoms with Gasteiger partial charge < -0.3 is 24.4 Å². The minimum Gasteiger partial charge on any atom is -0.726 e. The molecule has 0 amide bonds. The van der Waals surface area contributed by atoms with E-state index in [9.17, 15) is 32.5 Å². The van der Waals surface area contributed by atoms with Gasteiger partial charge in [-0.2, -0.15) is 0 Å².